The summed E-state index contributed by atoms with van der Waals surface area (Å²) >= 11 is 0. The van der Waals surface area contributed by atoms with Crippen LogP contribution in [0.1, 0.15) is 107 Å². The largest absolute Gasteiger partial charge is 0.388 e. The number of ketones is 1. The molecular formula is C24H36O3. The molecule has 0 bridgehead atoms. The first-order valence-electron chi connectivity index (χ1n) is 10.9. The Kier molecular flexibility index (Phi) is 9.75. The highest BCUT2D eigenvalue weighted by atomic mass is 16.3. The van der Waals surface area contributed by atoms with Gasteiger partial charge in [0.15, 0.2) is 0 Å². The van der Waals surface area contributed by atoms with Crippen LogP contribution in [0, 0.1) is 5.92 Å². The van der Waals surface area contributed by atoms with E-state index < -0.39 is 0 Å². The van der Waals surface area contributed by atoms with Crippen molar-refractivity contribution in [3.63, 3.8) is 0 Å². The van der Waals surface area contributed by atoms with Gasteiger partial charge in [0.2, 0.25) is 0 Å². The molecule has 1 fully saturated rings. The van der Waals surface area contributed by atoms with Crippen molar-refractivity contribution in [2.75, 3.05) is 0 Å². The summed E-state index contributed by atoms with van der Waals surface area (Å²) in [7, 11) is 0. The highest BCUT2D eigenvalue weighted by Gasteiger charge is 2.34. The molecule has 1 aliphatic carbocycles. The second kappa shape index (κ2) is 12.1. The number of benzene rings is 1. The molecule has 3 atom stereocenters. The van der Waals surface area contributed by atoms with Crippen molar-refractivity contribution in [3.8, 4) is 0 Å². The van der Waals surface area contributed by atoms with Gasteiger partial charge in [0.1, 0.15) is 12.1 Å². The highest BCUT2D eigenvalue weighted by Crippen LogP contribution is 2.40. The number of hydrogen-bond acceptors (Lipinski definition) is 3. The number of hydrogen-bond donors (Lipinski definition) is 1. The molecular weight excluding hydrogens is 336 g/mol. The fourth-order valence-electron chi connectivity index (χ4n) is 4.34. The third-order valence-corrected chi connectivity index (χ3v) is 6.02. The molecule has 27 heavy (non-hydrogen) atoms. The summed E-state index contributed by atoms with van der Waals surface area (Å²) in [4.78, 5) is 22.7. The van der Waals surface area contributed by atoms with E-state index in [2.05, 4.69) is 19.1 Å². The van der Waals surface area contributed by atoms with E-state index >= 15 is 0 Å². The standard InChI is InChI=1S/C24H36O3/c1-2-3-7-11-23(26)20-14-12-19(13-15-20)21-16-17-24(27)22(21)10-8-5-4-6-9-18-25/h12-15,18,21-23,26H,2-11,16-17H2,1H3/t21-,22-,23+/m1/s1. The van der Waals surface area contributed by atoms with Gasteiger partial charge < -0.3 is 9.90 Å². The average Bonchev–Trinajstić information content (AvgIpc) is 3.05. The highest BCUT2D eigenvalue weighted by molar-refractivity contribution is 5.84. The minimum absolute atomic E-state index is 0.149. The minimum Gasteiger partial charge on any atom is -0.388 e. The zero-order valence-corrected chi connectivity index (χ0v) is 16.9. The van der Waals surface area contributed by atoms with Gasteiger partial charge in [-0.15, -0.1) is 0 Å². The van der Waals surface area contributed by atoms with Crippen LogP contribution in [0.2, 0.25) is 0 Å². The van der Waals surface area contributed by atoms with E-state index in [0.29, 0.717) is 24.5 Å². The number of carbonyl (C=O) groups is 2. The van der Waals surface area contributed by atoms with Crippen LogP contribution in [-0.2, 0) is 9.59 Å². The van der Waals surface area contributed by atoms with Gasteiger partial charge in [-0.25, -0.2) is 0 Å². The lowest BCUT2D eigenvalue weighted by atomic mass is 9.84. The van der Waals surface area contributed by atoms with Crippen LogP contribution < -0.4 is 0 Å². The molecule has 0 spiro atoms. The maximum atomic E-state index is 12.4. The lowest BCUT2D eigenvalue weighted by molar-refractivity contribution is -0.121. The molecule has 0 heterocycles. The molecule has 0 amide bonds. The molecule has 1 aromatic carbocycles. The fourth-order valence-corrected chi connectivity index (χ4v) is 4.34. The molecule has 1 saturated carbocycles. The van der Waals surface area contributed by atoms with Crippen LogP contribution in [0.15, 0.2) is 24.3 Å². The molecule has 0 radical (unpaired) electrons. The first-order valence-corrected chi connectivity index (χ1v) is 10.9. The van der Waals surface area contributed by atoms with Gasteiger partial charge in [-0.05, 0) is 42.7 Å². The Morgan fingerprint density at radius 1 is 1.07 bits per heavy atom. The molecule has 1 N–H and O–H groups in total. The zero-order chi connectivity index (χ0) is 19.5. The van der Waals surface area contributed by atoms with E-state index in [0.717, 1.165) is 69.6 Å². The molecule has 150 valence electrons. The second-order valence-corrected chi connectivity index (χ2v) is 8.05. The monoisotopic (exact) mass is 372 g/mol. The molecule has 1 aliphatic rings. The van der Waals surface area contributed by atoms with E-state index in [1.165, 1.54) is 12.0 Å². The number of rotatable bonds is 13. The quantitative estimate of drug-likeness (QED) is 0.346. The average molecular weight is 373 g/mol. The van der Waals surface area contributed by atoms with Crippen molar-refractivity contribution >= 4 is 12.1 Å². The smallest absolute Gasteiger partial charge is 0.136 e. The minimum atomic E-state index is -0.377. The number of unbranched alkanes of at least 4 members (excludes halogenated alkanes) is 6. The summed E-state index contributed by atoms with van der Waals surface area (Å²) < 4.78 is 0. The molecule has 0 unspecified atom stereocenters. The van der Waals surface area contributed by atoms with Gasteiger partial charge >= 0.3 is 0 Å². The first kappa shape index (κ1) is 21.8. The Morgan fingerprint density at radius 3 is 2.52 bits per heavy atom. The lowest BCUT2D eigenvalue weighted by Crippen LogP contribution is -2.13. The summed E-state index contributed by atoms with van der Waals surface area (Å²) in [5, 5.41) is 10.3. The predicted molar refractivity (Wildman–Crippen MR) is 110 cm³/mol. The Labute approximate surface area is 164 Å². The van der Waals surface area contributed by atoms with Gasteiger partial charge in [0.25, 0.3) is 0 Å². The number of Topliss-reactive ketones (excluding diaryl/α,β-unsaturated/α-hetero) is 1. The third kappa shape index (κ3) is 6.88. The Balaban J connectivity index is 1.87. The molecule has 0 aromatic heterocycles. The molecule has 0 saturated heterocycles. The summed E-state index contributed by atoms with van der Waals surface area (Å²) in [6.45, 7) is 2.17. The van der Waals surface area contributed by atoms with Crippen LogP contribution in [0.4, 0.5) is 0 Å². The number of aliphatic hydroxyl groups is 1. The summed E-state index contributed by atoms with van der Waals surface area (Å²) in [5.41, 5.74) is 2.24. The second-order valence-electron chi connectivity index (χ2n) is 8.05. The third-order valence-electron chi connectivity index (χ3n) is 6.02. The Hall–Kier alpha value is -1.48. The van der Waals surface area contributed by atoms with Crippen molar-refractivity contribution in [2.45, 2.75) is 96.0 Å². The number of aldehydes is 1. The van der Waals surface area contributed by atoms with Crippen molar-refractivity contribution in [3.05, 3.63) is 35.4 Å². The fraction of sp³-hybridized carbons (Fsp3) is 0.667. The maximum absolute atomic E-state index is 12.4. The molecule has 2 rings (SSSR count). The molecule has 3 nitrogen and oxygen atoms in total. The van der Waals surface area contributed by atoms with E-state index in [4.69, 9.17) is 0 Å². The number of aliphatic hydroxyl groups excluding tert-OH is 1. The predicted octanol–water partition coefficient (Wildman–Crippen LogP) is 5.90. The summed E-state index contributed by atoms with van der Waals surface area (Å²) in [6.07, 6.45) is 12.3. The Bertz CT molecular complexity index is 563. The van der Waals surface area contributed by atoms with Gasteiger partial charge in [-0.1, -0.05) is 69.7 Å². The van der Waals surface area contributed by atoms with E-state index in [-0.39, 0.29) is 12.0 Å². The Morgan fingerprint density at radius 2 is 1.81 bits per heavy atom. The lowest BCUT2D eigenvalue weighted by Gasteiger charge is -2.20. The van der Waals surface area contributed by atoms with Crippen molar-refractivity contribution in [1.29, 1.82) is 0 Å². The van der Waals surface area contributed by atoms with Gasteiger partial charge in [0.05, 0.1) is 6.10 Å². The number of carbonyl (C=O) groups excluding carboxylic acids is 2. The molecule has 0 aliphatic heterocycles. The van der Waals surface area contributed by atoms with Crippen LogP contribution in [0.3, 0.4) is 0 Å². The maximum Gasteiger partial charge on any atom is 0.136 e. The zero-order valence-electron chi connectivity index (χ0n) is 16.9. The van der Waals surface area contributed by atoms with E-state index in [1.54, 1.807) is 0 Å². The topological polar surface area (TPSA) is 54.4 Å². The van der Waals surface area contributed by atoms with Crippen molar-refractivity contribution in [2.24, 2.45) is 5.92 Å². The van der Waals surface area contributed by atoms with Crippen LogP contribution in [-0.4, -0.2) is 17.2 Å². The van der Waals surface area contributed by atoms with Gasteiger partial charge in [-0.2, -0.15) is 0 Å². The van der Waals surface area contributed by atoms with Gasteiger partial charge in [0, 0.05) is 18.8 Å². The van der Waals surface area contributed by atoms with Gasteiger partial charge in [-0.3, -0.25) is 4.79 Å². The first-order chi connectivity index (χ1) is 13.2. The summed E-state index contributed by atoms with van der Waals surface area (Å²) in [5.74, 6) is 0.895. The van der Waals surface area contributed by atoms with Crippen LogP contribution >= 0.6 is 0 Å². The molecule has 3 heteroatoms. The van der Waals surface area contributed by atoms with Crippen molar-refractivity contribution in [1.82, 2.24) is 0 Å². The van der Waals surface area contributed by atoms with Crippen molar-refractivity contribution < 1.29 is 14.7 Å². The van der Waals surface area contributed by atoms with Crippen LogP contribution in [0.25, 0.3) is 0 Å². The van der Waals surface area contributed by atoms with E-state index in [1.807, 2.05) is 12.1 Å². The normalized spacial score (nSPS) is 20.7. The summed E-state index contributed by atoms with van der Waals surface area (Å²) in [6, 6.07) is 8.34. The SMILES string of the molecule is CCCCC[C@H](O)c1ccc([C@H]2CCC(=O)[C@@H]2CCCCCCC=O)cc1. The van der Waals surface area contributed by atoms with E-state index in [9.17, 15) is 14.7 Å². The van der Waals surface area contributed by atoms with Crippen LogP contribution in [0.5, 0.6) is 0 Å². The molecule has 1 aromatic rings.